The molecule has 4 aliphatic rings. The molecule has 0 spiro atoms. The van der Waals surface area contributed by atoms with Gasteiger partial charge in [-0.15, -0.1) is 0 Å². The summed E-state index contributed by atoms with van der Waals surface area (Å²) < 4.78 is 33.7. The van der Waals surface area contributed by atoms with Gasteiger partial charge in [-0.1, -0.05) is 19.8 Å². The molecule has 24 nitrogen and oxygen atoms in total. The van der Waals surface area contributed by atoms with Crippen molar-refractivity contribution in [3.63, 3.8) is 0 Å². The first kappa shape index (κ1) is 65.1. The van der Waals surface area contributed by atoms with Gasteiger partial charge in [-0.3, -0.25) is 19.2 Å². The van der Waals surface area contributed by atoms with Crippen molar-refractivity contribution in [3.05, 3.63) is 29.3 Å². The molecule has 7 atom stereocenters. The van der Waals surface area contributed by atoms with Gasteiger partial charge in [-0.05, 0) is 82.0 Å². The number of nitrogens with one attached hydrogen (secondary N) is 10. The minimum Gasteiger partial charge on any atom is -0.379 e. The first-order valence-corrected chi connectivity index (χ1v) is 30.4. The number of hydrogen-bond donors (Lipinski definition) is 11. The van der Waals surface area contributed by atoms with Crippen LogP contribution in [0, 0.1) is 5.92 Å². The third-order valence-electron chi connectivity index (χ3n) is 13.5. The number of unbranched alkanes of at least 4 members (excludes halogenated alkanes) is 2. The number of amides is 10. The molecule has 1 aromatic carbocycles. The topological polar surface area (TPSA) is 321 Å². The van der Waals surface area contributed by atoms with E-state index in [1.54, 1.807) is 0 Å². The highest BCUT2D eigenvalue weighted by Gasteiger charge is 2.43. The minimum atomic E-state index is -0.491. The number of benzene rings is 1. The lowest BCUT2D eigenvalue weighted by Gasteiger charge is -2.16. The van der Waals surface area contributed by atoms with Crippen molar-refractivity contribution < 1.29 is 62.0 Å². The third kappa shape index (κ3) is 26.6. The number of rotatable bonds is 44. The Labute approximate surface area is 473 Å². The molecule has 4 heterocycles. The van der Waals surface area contributed by atoms with Gasteiger partial charge in [0.1, 0.15) is 0 Å². The van der Waals surface area contributed by atoms with E-state index in [2.05, 4.69) is 53.2 Å². The maximum Gasteiger partial charge on any atom is 0.319 e. The molecule has 0 aromatic heterocycles. The standard InChI is InChI=1S/C53H89N11O13S2/c1-37(33-54)34-59-51(69)60-40-31-38(49(67)57-16-8-20-74-24-28-76-26-22-72-18-6-14-55-45(65)12-4-2-10-43-47-41(35-78-43)61-52(70)63-47)30-39(32-40)50(68)58-17-9-21-75-25-29-77-27-23-73-19-7-15-56-46(66)13-5-3-11-44-48-42(36-79-44)62-53(71)64-48/h30-32,37,41-44,47-48H,2-29,33-36,54H2,1H3,(H,55,65)(H,56,66)(H,57,67)(H,58,68)(H2,59,60,69)(H2,61,63,70)(H2,62,64,71). The van der Waals surface area contributed by atoms with Crippen molar-refractivity contribution in [2.75, 3.05) is 135 Å². The van der Waals surface area contributed by atoms with E-state index in [1.165, 1.54) is 18.2 Å². The Balaban J connectivity index is 0.818. The summed E-state index contributed by atoms with van der Waals surface area (Å²) in [5.41, 5.74) is 6.36. The molecule has 10 amide bonds. The monoisotopic (exact) mass is 1150 g/mol. The lowest BCUT2D eigenvalue weighted by molar-refractivity contribution is -0.122. The zero-order chi connectivity index (χ0) is 56.3. The lowest BCUT2D eigenvalue weighted by atomic mass is 10.0. The normalized spacial score (nSPS) is 20.3. The molecular formula is C53H89N11O13S2. The highest BCUT2D eigenvalue weighted by Crippen LogP contribution is 2.34. The van der Waals surface area contributed by atoms with Crippen LogP contribution in [0.4, 0.5) is 20.1 Å². The summed E-state index contributed by atoms with van der Waals surface area (Å²) in [7, 11) is 0. The van der Waals surface area contributed by atoms with Gasteiger partial charge >= 0.3 is 18.1 Å². The number of thioether (sulfide) groups is 2. The predicted molar refractivity (Wildman–Crippen MR) is 304 cm³/mol. The maximum absolute atomic E-state index is 13.2. The van der Waals surface area contributed by atoms with Crippen LogP contribution in [-0.4, -0.2) is 206 Å². The molecule has 79 heavy (non-hydrogen) atoms. The van der Waals surface area contributed by atoms with E-state index in [9.17, 15) is 33.6 Å². The van der Waals surface area contributed by atoms with E-state index < -0.39 is 17.8 Å². The van der Waals surface area contributed by atoms with Gasteiger partial charge < -0.3 is 87.3 Å². The van der Waals surface area contributed by atoms with Crippen LogP contribution in [-0.2, 0) is 38.0 Å². The molecule has 446 valence electrons. The predicted octanol–water partition coefficient (Wildman–Crippen LogP) is 2.21. The molecule has 5 rings (SSSR count). The summed E-state index contributed by atoms with van der Waals surface area (Å²) in [6.45, 7) is 9.44. The third-order valence-corrected chi connectivity index (χ3v) is 16.5. The molecule has 0 saturated carbocycles. The molecule has 0 aliphatic carbocycles. The second-order valence-electron chi connectivity index (χ2n) is 20.0. The lowest BCUT2D eigenvalue weighted by Crippen LogP contribution is -2.36. The van der Waals surface area contributed by atoms with Crippen LogP contribution < -0.4 is 58.9 Å². The number of nitrogens with two attached hydrogens (primary N) is 1. The van der Waals surface area contributed by atoms with Crippen molar-refractivity contribution in [1.29, 1.82) is 0 Å². The van der Waals surface area contributed by atoms with E-state index in [-0.39, 0.29) is 70.8 Å². The molecule has 0 bridgehead atoms. The quantitative estimate of drug-likeness (QED) is 0.0330. The molecule has 26 heteroatoms. The molecule has 7 unspecified atom stereocenters. The first-order valence-electron chi connectivity index (χ1n) is 28.3. The van der Waals surface area contributed by atoms with Gasteiger partial charge in [0.15, 0.2) is 0 Å². The Bertz CT molecular complexity index is 1900. The average Bonchev–Trinajstić information content (AvgIpc) is 4.26. The zero-order valence-electron chi connectivity index (χ0n) is 46.1. The fraction of sp³-hybridized carbons (Fsp3) is 0.755. The Kier molecular flexibility index (Phi) is 32.1. The van der Waals surface area contributed by atoms with Crippen LogP contribution in [0.3, 0.4) is 0 Å². The highest BCUT2D eigenvalue weighted by molar-refractivity contribution is 8.00. The van der Waals surface area contributed by atoms with E-state index in [1.807, 2.05) is 30.4 Å². The first-order chi connectivity index (χ1) is 38.5. The van der Waals surface area contributed by atoms with E-state index in [0.29, 0.717) is 168 Å². The Morgan fingerprint density at radius 2 is 0.924 bits per heavy atom. The summed E-state index contributed by atoms with van der Waals surface area (Å²) in [6, 6.07) is 4.70. The zero-order valence-corrected chi connectivity index (χ0v) is 47.7. The number of urea groups is 3. The average molecular weight is 1150 g/mol. The van der Waals surface area contributed by atoms with E-state index in [4.69, 9.17) is 34.2 Å². The fourth-order valence-corrected chi connectivity index (χ4v) is 12.1. The van der Waals surface area contributed by atoms with Crippen molar-refractivity contribution in [1.82, 2.24) is 47.9 Å². The summed E-state index contributed by atoms with van der Waals surface area (Å²) in [5.74, 6) is 1.20. The molecule has 4 aliphatic heterocycles. The molecule has 4 fully saturated rings. The van der Waals surface area contributed by atoms with E-state index >= 15 is 0 Å². The van der Waals surface area contributed by atoms with Crippen LogP contribution in [0.25, 0.3) is 0 Å². The second kappa shape index (κ2) is 38.9. The summed E-state index contributed by atoms with van der Waals surface area (Å²) >= 11 is 3.78. The van der Waals surface area contributed by atoms with Gasteiger partial charge in [0, 0.05) is 111 Å². The number of hydrogen-bond acceptors (Lipinski definition) is 16. The molecule has 1 aromatic rings. The van der Waals surface area contributed by atoms with Crippen LogP contribution in [0.2, 0.25) is 0 Å². The van der Waals surface area contributed by atoms with Gasteiger partial charge in [0.05, 0.1) is 77.0 Å². The van der Waals surface area contributed by atoms with Crippen molar-refractivity contribution in [2.45, 2.75) is 119 Å². The van der Waals surface area contributed by atoms with Crippen molar-refractivity contribution in [2.24, 2.45) is 11.7 Å². The molecule has 0 radical (unpaired) electrons. The summed E-state index contributed by atoms with van der Waals surface area (Å²) in [4.78, 5) is 86.7. The van der Waals surface area contributed by atoms with Crippen LogP contribution in [0.15, 0.2) is 18.2 Å². The smallest absolute Gasteiger partial charge is 0.319 e. The van der Waals surface area contributed by atoms with E-state index in [0.717, 1.165) is 50.0 Å². The maximum atomic E-state index is 13.2. The number of fused-ring (bicyclic) bond motifs is 2. The van der Waals surface area contributed by atoms with Gasteiger partial charge in [0.2, 0.25) is 11.8 Å². The number of carbonyl (C=O) groups is 7. The molecule has 12 N–H and O–H groups in total. The van der Waals surface area contributed by atoms with Crippen molar-refractivity contribution >= 4 is 70.9 Å². The number of carbonyl (C=O) groups excluding carboxylic acids is 7. The van der Waals surface area contributed by atoms with Gasteiger partial charge in [-0.25, -0.2) is 14.4 Å². The minimum absolute atomic E-state index is 0.0445. The summed E-state index contributed by atoms with van der Waals surface area (Å²) in [6.07, 6.45) is 9.02. The van der Waals surface area contributed by atoms with Crippen LogP contribution >= 0.6 is 23.5 Å². The van der Waals surface area contributed by atoms with Crippen LogP contribution in [0.5, 0.6) is 0 Å². The summed E-state index contributed by atoms with van der Waals surface area (Å²) in [5, 5.41) is 29.8. The SMILES string of the molecule is CC(CN)CNC(=O)Nc1cc(C(=O)NCCCOCCOCCOCCCNC(=O)CCCCC2SCC3NC(=O)NC32)cc(C(=O)NCCCOCCOCCOCCCNC(=O)CCCCC2SCC3NC(=O)NC32)c1. The number of anilines is 1. The fourth-order valence-electron chi connectivity index (χ4n) is 9.06. The Hall–Kier alpha value is -4.67. The Morgan fingerprint density at radius 1 is 0.532 bits per heavy atom. The van der Waals surface area contributed by atoms with Gasteiger partial charge in [-0.2, -0.15) is 23.5 Å². The van der Waals surface area contributed by atoms with Crippen LogP contribution in [0.1, 0.15) is 105 Å². The second-order valence-corrected chi connectivity index (χ2v) is 22.6. The number of ether oxygens (including phenoxy) is 6. The van der Waals surface area contributed by atoms with Crippen molar-refractivity contribution in [3.8, 4) is 0 Å². The Morgan fingerprint density at radius 3 is 1.33 bits per heavy atom. The largest absolute Gasteiger partial charge is 0.379 e. The molecular weight excluding hydrogens is 1060 g/mol. The van der Waals surface area contributed by atoms with Gasteiger partial charge in [0.25, 0.3) is 11.8 Å². The molecule has 4 saturated heterocycles. The highest BCUT2D eigenvalue weighted by atomic mass is 32.2.